The molecule has 18 heteroatoms. The van der Waals surface area contributed by atoms with Gasteiger partial charge >= 0.3 is 12.4 Å². The van der Waals surface area contributed by atoms with Crippen LogP contribution in [0.4, 0.5) is 35.1 Å². The molecular formula is C36H34Cl2F8N2O4SSi. The molecule has 0 saturated carbocycles. The van der Waals surface area contributed by atoms with Crippen LogP contribution in [0.1, 0.15) is 53.8 Å². The van der Waals surface area contributed by atoms with Gasteiger partial charge in [0.25, 0.3) is 10.0 Å². The van der Waals surface area contributed by atoms with Gasteiger partial charge in [-0.2, -0.15) is 26.3 Å². The first-order valence-corrected chi connectivity index (χ1v) is 22.4. The standard InChI is InChI=1S/C23H24ClF4NO3SSi.C13H10ClF4NO/c1-14-7-9-15(10-8-14)33(30,31)29-18-12-11-17(25)20(24)19(18)16-6-5-13-22(21(16)29,23(26,27)28)32-34(2,3)4;14-10-7(15)3-4-8-9(10)6-2-1-5-12(20,11(6)19-8)13(16,17)18/h7-12H,5-6,13H2,1-4H3;3-4,19-20H,1-2,5H2. The minimum absolute atomic E-state index is 0.0279. The number of hydrogen-bond donors (Lipinski definition) is 2. The number of nitrogens with one attached hydrogen (secondary N) is 1. The van der Waals surface area contributed by atoms with E-state index in [-0.39, 0.29) is 62.3 Å². The third-order valence-electron chi connectivity index (χ3n) is 9.72. The van der Waals surface area contributed by atoms with Gasteiger partial charge in [-0.25, -0.2) is 21.2 Å². The number of halogens is 10. The summed E-state index contributed by atoms with van der Waals surface area (Å²) in [6.07, 6.45) is -9.94. The number of aryl methyl sites for hydroxylation is 3. The van der Waals surface area contributed by atoms with E-state index in [1.807, 2.05) is 0 Å². The Morgan fingerprint density at radius 1 is 0.815 bits per heavy atom. The number of rotatable bonds is 4. The van der Waals surface area contributed by atoms with Crippen molar-refractivity contribution in [3.63, 3.8) is 0 Å². The molecule has 6 nitrogen and oxygen atoms in total. The first-order valence-electron chi connectivity index (χ1n) is 16.7. The molecule has 7 rings (SSSR count). The Balaban J connectivity index is 0.000000210. The zero-order valence-electron chi connectivity index (χ0n) is 29.2. The molecule has 0 amide bonds. The third kappa shape index (κ3) is 6.53. The number of aromatic nitrogens is 2. The second kappa shape index (κ2) is 13.5. The van der Waals surface area contributed by atoms with Crippen molar-refractivity contribution >= 4 is 63.3 Å². The average molecular weight is 842 g/mol. The maximum Gasteiger partial charge on any atom is 0.422 e. The van der Waals surface area contributed by atoms with Gasteiger partial charge in [0.2, 0.25) is 5.60 Å². The maximum absolute atomic E-state index is 14.9. The number of aromatic amines is 1. The molecule has 0 saturated heterocycles. The predicted octanol–water partition coefficient (Wildman–Crippen LogP) is 11.0. The summed E-state index contributed by atoms with van der Waals surface area (Å²) < 4.78 is 146. The van der Waals surface area contributed by atoms with Gasteiger partial charge in [0.05, 0.1) is 31.8 Å². The summed E-state index contributed by atoms with van der Waals surface area (Å²) in [4.78, 5) is 2.37. The lowest BCUT2D eigenvalue weighted by Gasteiger charge is -2.43. The largest absolute Gasteiger partial charge is 0.422 e. The SMILES string of the molecule is Cc1ccc(S(=O)(=O)n2c3c(c4c(Cl)c(F)ccc42)CCCC3(O[Si](C)(C)C)C(F)(F)F)cc1.OC1(C(F)(F)F)CCCc2c1[nH]c1ccc(F)c(Cl)c21. The van der Waals surface area contributed by atoms with Gasteiger partial charge in [-0.15, -0.1) is 0 Å². The normalized spacial score (nSPS) is 20.8. The monoisotopic (exact) mass is 840 g/mol. The van der Waals surface area contributed by atoms with E-state index in [1.54, 1.807) is 38.7 Å². The summed E-state index contributed by atoms with van der Waals surface area (Å²) >= 11 is 12.1. The molecule has 2 N–H and O–H groups in total. The summed E-state index contributed by atoms with van der Waals surface area (Å²) in [5.41, 5.74) is -5.38. The molecule has 2 unspecified atom stereocenters. The minimum atomic E-state index is -4.93. The van der Waals surface area contributed by atoms with Crippen LogP contribution in [-0.4, -0.2) is 43.2 Å². The van der Waals surface area contributed by atoms with Gasteiger partial charge < -0.3 is 14.5 Å². The van der Waals surface area contributed by atoms with Gasteiger partial charge in [-0.3, -0.25) is 0 Å². The van der Waals surface area contributed by atoms with Crippen LogP contribution in [0.5, 0.6) is 0 Å². The Morgan fingerprint density at radius 3 is 1.94 bits per heavy atom. The predicted molar refractivity (Wildman–Crippen MR) is 192 cm³/mol. The van der Waals surface area contributed by atoms with Crippen molar-refractivity contribution in [1.29, 1.82) is 0 Å². The summed E-state index contributed by atoms with van der Waals surface area (Å²) in [6.45, 7) is 6.61. The topological polar surface area (TPSA) is 84.3 Å². The fourth-order valence-electron chi connectivity index (χ4n) is 7.48. The quantitative estimate of drug-likeness (QED) is 0.139. The number of alkyl halides is 6. The van der Waals surface area contributed by atoms with E-state index in [0.29, 0.717) is 15.9 Å². The van der Waals surface area contributed by atoms with Crippen molar-refractivity contribution < 1.29 is 53.1 Å². The van der Waals surface area contributed by atoms with Gasteiger partial charge in [0, 0.05) is 16.3 Å². The molecule has 2 aliphatic carbocycles. The Bertz CT molecular complexity index is 2390. The zero-order chi connectivity index (χ0) is 40.0. The van der Waals surface area contributed by atoms with Crippen LogP contribution in [-0.2, 0) is 38.5 Å². The molecule has 0 aliphatic heterocycles. The van der Waals surface area contributed by atoms with Crippen LogP contribution in [0.3, 0.4) is 0 Å². The number of fused-ring (bicyclic) bond motifs is 6. The molecule has 0 fully saturated rings. The first-order chi connectivity index (χ1) is 24.9. The van der Waals surface area contributed by atoms with Crippen LogP contribution in [0.25, 0.3) is 21.8 Å². The number of nitrogens with zero attached hydrogens (tertiary/aromatic N) is 1. The second-order valence-electron chi connectivity index (χ2n) is 14.5. The van der Waals surface area contributed by atoms with E-state index in [9.17, 15) is 48.6 Å². The van der Waals surface area contributed by atoms with E-state index < -0.39 is 77.1 Å². The molecule has 0 bridgehead atoms. The van der Waals surface area contributed by atoms with Crippen LogP contribution < -0.4 is 0 Å². The summed E-state index contributed by atoms with van der Waals surface area (Å²) in [5.74, 6) is -1.53. The van der Waals surface area contributed by atoms with E-state index in [0.717, 1.165) is 23.8 Å². The van der Waals surface area contributed by atoms with Crippen LogP contribution in [0.2, 0.25) is 29.7 Å². The van der Waals surface area contributed by atoms with Crippen molar-refractivity contribution in [3.8, 4) is 0 Å². The molecule has 2 aliphatic rings. The summed E-state index contributed by atoms with van der Waals surface area (Å²) in [7, 11) is -7.40. The number of hydrogen-bond acceptors (Lipinski definition) is 4. The van der Waals surface area contributed by atoms with Crippen LogP contribution in [0.15, 0.2) is 53.4 Å². The summed E-state index contributed by atoms with van der Waals surface area (Å²) in [6, 6.07) is 10.3. The molecular weight excluding hydrogens is 807 g/mol. The maximum atomic E-state index is 14.9. The number of benzene rings is 3. The van der Waals surface area contributed by atoms with Crippen molar-refractivity contribution in [2.24, 2.45) is 0 Å². The highest BCUT2D eigenvalue weighted by Crippen LogP contribution is 2.55. The highest BCUT2D eigenvalue weighted by atomic mass is 35.5. The molecule has 292 valence electrons. The molecule has 5 aromatic rings. The van der Waals surface area contributed by atoms with Crippen molar-refractivity contribution in [2.75, 3.05) is 0 Å². The van der Waals surface area contributed by atoms with E-state index in [1.165, 1.54) is 18.2 Å². The average Bonchev–Trinajstić information content (AvgIpc) is 3.62. The summed E-state index contributed by atoms with van der Waals surface area (Å²) in [5, 5.41) is 9.60. The fraction of sp³-hybridized carbons (Fsp3) is 0.389. The Morgan fingerprint density at radius 2 is 1.37 bits per heavy atom. The molecule has 54 heavy (non-hydrogen) atoms. The van der Waals surface area contributed by atoms with Gasteiger partial charge in [0.15, 0.2) is 13.9 Å². The lowest BCUT2D eigenvalue weighted by molar-refractivity contribution is -0.272. The minimum Gasteiger partial charge on any atom is -0.399 e. The second-order valence-corrected chi connectivity index (χ2v) is 21.5. The lowest BCUT2D eigenvalue weighted by Crippen LogP contribution is -2.53. The fourth-order valence-corrected chi connectivity index (χ4v) is 11.0. The van der Waals surface area contributed by atoms with E-state index >= 15 is 0 Å². The van der Waals surface area contributed by atoms with E-state index in [2.05, 4.69) is 4.98 Å². The van der Waals surface area contributed by atoms with Crippen molar-refractivity contribution in [2.45, 2.75) is 93.5 Å². The van der Waals surface area contributed by atoms with Crippen molar-refractivity contribution in [3.05, 3.63) is 98.3 Å². The Labute approximate surface area is 316 Å². The Kier molecular flexibility index (Phi) is 10.1. The molecule has 2 heterocycles. The lowest BCUT2D eigenvalue weighted by atomic mass is 9.82. The molecule has 0 radical (unpaired) electrons. The first kappa shape index (κ1) is 40.5. The van der Waals surface area contributed by atoms with Crippen LogP contribution in [0, 0.1) is 18.6 Å². The zero-order valence-corrected chi connectivity index (χ0v) is 32.5. The highest BCUT2D eigenvalue weighted by molar-refractivity contribution is 7.90. The molecule has 2 atom stereocenters. The van der Waals surface area contributed by atoms with Crippen molar-refractivity contribution in [1.82, 2.24) is 8.96 Å². The molecule has 3 aromatic carbocycles. The molecule has 0 spiro atoms. The van der Waals surface area contributed by atoms with Gasteiger partial charge in [-0.05, 0) is 113 Å². The smallest absolute Gasteiger partial charge is 0.399 e. The molecule has 2 aromatic heterocycles. The number of H-pyrrole nitrogens is 1. The highest BCUT2D eigenvalue weighted by Gasteiger charge is 2.63. The van der Waals surface area contributed by atoms with E-state index in [4.69, 9.17) is 27.6 Å². The Hall–Kier alpha value is -3.15. The number of aliphatic hydroxyl groups is 1. The van der Waals surface area contributed by atoms with Crippen LogP contribution >= 0.6 is 23.2 Å². The third-order valence-corrected chi connectivity index (χ3v) is 13.2. The van der Waals surface area contributed by atoms with Gasteiger partial charge in [0.1, 0.15) is 11.6 Å². The van der Waals surface area contributed by atoms with Gasteiger partial charge in [-0.1, -0.05) is 40.9 Å².